The summed E-state index contributed by atoms with van der Waals surface area (Å²) in [7, 11) is -1.17. The lowest BCUT2D eigenvalue weighted by Gasteiger charge is -2.21. The first kappa shape index (κ1) is 17.6. The van der Waals surface area contributed by atoms with Gasteiger partial charge in [0.05, 0.1) is 18.1 Å². The van der Waals surface area contributed by atoms with Crippen molar-refractivity contribution >= 4 is 44.0 Å². The number of amides is 1. The van der Waals surface area contributed by atoms with E-state index in [9.17, 15) is 13.2 Å². The maximum Gasteiger partial charge on any atom is 0.240 e. The van der Waals surface area contributed by atoms with Gasteiger partial charge in [-0.2, -0.15) is 0 Å². The van der Waals surface area contributed by atoms with Gasteiger partial charge in [0.2, 0.25) is 11.0 Å². The average molecular weight is 365 g/mol. The number of nitrogens with zero attached hydrogens (tertiary/aromatic N) is 3. The zero-order valence-corrected chi connectivity index (χ0v) is 15.2. The second-order valence-electron chi connectivity index (χ2n) is 5.56. The molecule has 1 N–H and O–H groups in total. The molecule has 1 aliphatic rings. The second kappa shape index (κ2) is 7.24. The maximum atomic E-state index is 12.0. The zero-order chi connectivity index (χ0) is 16.3. The number of carbonyl (C=O) groups excluding carboxylic acids is 1. The molecular formula is C12H20N4O3S3. The van der Waals surface area contributed by atoms with Gasteiger partial charge in [-0.25, -0.2) is 8.42 Å². The summed E-state index contributed by atoms with van der Waals surface area (Å²) >= 11 is 2.94. The molecule has 7 nitrogen and oxygen atoms in total. The van der Waals surface area contributed by atoms with Gasteiger partial charge in [0, 0.05) is 11.3 Å². The molecule has 0 radical (unpaired) electrons. The van der Waals surface area contributed by atoms with Gasteiger partial charge < -0.3 is 0 Å². The third-order valence-corrected chi connectivity index (χ3v) is 6.89. The molecule has 0 aromatic carbocycles. The Bertz CT molecular complexity index is 629. The highest BCUT2D eigenvalue weighted by molar-refractivity contribution is 8.01. The van der Waals surface area contributed by atoms with Crippen molar-refractivity contribution in [3.63, 3.8) is 0 Å². The topological polar surface area (TPSA) is 92.3 Å². The molecule has 1 unspecified atom stereocenters. The number of rotatable bonds is 6. The summed E-state index contributed by atoms with van der Waals surface area (Å²) in [5.74, 6) is 0.129. The fourth-order valence-electron chi connectivity index (χ4n) is 2.15. The molecule has 10 heteroatoms. The molecule has 22 heavy (non-hydrogen) atoms. The zero-order valence-electron chi connectivity index (χ0n) is 12.8. The quantitative estimate of drug-likeness (QED) is 0.597. The lowest BCUT2D eigenvalue weighted by molar-refractivity contribution is -0.117. The van der Waals surface area contributed by atoms with E-state index in [-0.39, 0.29) is 30.0 Å². The van der Waals surface area contributed by atoms with Crippen LogP contribution in [-0.4, -0.2) is 65.8 Å². The third-order valence-electron chi connectivity index (χ3n) is 3.21. The predicted octanol–water partition coefficient (Wildman–Crippen LogP) is 1.10. The number of nitrogens with one attached hydrogen (secondary N) is 1. The number of hydrogen-bond acceptors (Lipinski definition) is 8. The Morgan fingerprint density at radius 1 is 1.50 bits per heavy atom. The van der Waals surface area contributed by atoms with Crippen LogP contribution in [0.25, 0.3) is 0 Å². The van der Waals surface area contributed by atoms with E-state index in [1.807, 2.05) is 0 Å². The van der Waals surface area contributed by atoms with Gasteiger partial charge in [0.1, 0.15) is 0 Å². The summed E-state index contributed by atoms with van der Waals surface area (Å²) in [6.07, 6.45) is 0.583. The highest BCUT2D eigenvalue weighted by Crippen LogP contribution is 2.28. The molecule has 0 aliphatic carbocycles. The van der Waals surface area contributed by atoms with E-state index < -0.39 is 9.84 Å². The smallest absolute Gasteiger partial charge is 0.240 e. The first-order valence-corrected chi connectivity index (χ1v) is 10.5. The summed E-state index contributed by atoms with van der Waals surface area (Å²) in [5, 5.41) is 11.5. The van der Waals surface area contributed by atoms with Gasteiger partial charge in [-0.3, -0.25) is 15.0 Å². The molecular weight excluding hydrogens is 344 g/mol. The molecule has 2 heterocycles. The molecule has 0 bridgehead atoms. The van der Waals surface area contributed by atoms with Crippen molar-refractivity contribution in [2.75, 3.05) is 30.4 Å². The van der Waals surface area contributed by atoms with Crippen LogP contribution in [0.15, 0.2) is 4.34 Å². The standard InChI is InChI=1S/C12H20N4O3S3/c1-8(2)20-12-15-14-11(21-12)13-10(17)6-16(3)9-4-5-22(18,19)7-9/h8-9H,4-7H2,1-3H3,(H,13,14,17). The highest BCUT2D eigenvalue weighted by Gasteiger charge is 2.31. The van der Waals surface area contributed by atoms with Crippen molar-refractivity contribution in [3.8, 4) is 0 Å². The van der Waals surface area contributed by atoms with Gasteiger partial charge in [-0.1, -0.05) is 36.9 Å². The van der Waals surface area contributed by atoms with Crippen molar-refractivity contribution < 1.29 is 13.2 Å². The van der Waals surface area contributed by atoms with Crippen LogP contribution in [0.4, 0.5) is 5.13 Å². The van der Waals surface area contributed by atoms with Crippen molar-refractivity contribution in [1.82, 2.24) is 15.1 Å². The average Bonchev–Trinajstić information content (AvgIpc) is 2.95. The Hall–Kier alpha value is -0.710. The minimum absolute atomic E-state index is 0.0859. The Labute approximate surface area is 138 Å². The molecule has 1 aromatic rings. The van der Waals surface area contributed by atoms with Crippen LogP contribution in [0.5, 0.6) is 0 Å². The van der Waals surface area contributed by atoms with Crippen LogP contribution in [0, 0.1) is 0 Å². The van der Waals surface area contributed by atoms with E-state index in [1.54, 1.807) is 23.7 Å². The molecule has 1 saturated heterocycles. The molecule has 0 saturated carbocycles. The Kier molecular flexibility index (Phi) is 5.81. The molecule has 2 rings (SSSR count). The van der Waals surface area contributed by atoms with E-state index in [4.69, 9.17) is 0 Å². The first-order valence-electron chi connectivity index (χ1n) is 6.96. The van der Waals surface area contributed by atoms with E-state index in [2.05, 4.69) is 29.4 Å². The monoisotopic (exact) mass is 364 g/mol. The van der Waals surface area contributed by atoms with Crippen LogP contribution >= 0.6 is 23.1 Å². The second-order valence-corrected chi connectivity index (χ2v) is 10.6. The van der Waals surface area contributed by atoms with Crippen molar-refractivity contribution in [1.29, 1.82) is 0 Å². The van der Waals surface area contributed by atoms with E-state index in [1.165, 1.54) is 11.3 Å². The lowest BCUT2D eigenvalue weighted by Crippen LogP contribution is -2.38. The maximum absolute atomic E-state index is 12.0. The van der Waals surface area contributed by atoms with Crippen LogP contribution in [0.1, 0.15) is 20.3 Å². The summed E-state index contributed by atoms with van der Waals surface area (Å²) in [6.45, 7) is 4.27. The van der Waals surface area contributed by atoms with Crippen LogP contribution < -0.4 is 5.32 Å². The van der Waals surface area contributed by atoms with Gasteiger partial charge in [0.25, 0.3) is 0 Å². The van der Waals surface area contributed by atoms with E-state index in [0.29, 0.717) is 16.8 Å². The molecule has 1 atom stereocenters. The van der Waals surface area contributed by atoms with Gasteiger partial charge >= 0.3 is 0 Å². The van der Waals surface area contributed by atoms with E-state index >= 15 is 0 Å². The number of thioether (sulfide) groups is 1. The number of aromatic nitrogens is 2. The minimum Gasteiger partial charge on any atom is -0.299 e. The molecule has 1 aromatic heterocycles. The summed E-state index contributed by atoms with van der Waals surface area (Å²) in [6, 6.07) is -0.0859. The number of hydrogen-bond donors (Lipinski definition) is 1. The van der Waals surface area contributed by atoms with Crippen molar-refractivity contribution in [2.45, 2.75) is 35.9 Å². The predicted molar refractivity (Wildman–Crippen MR) is 89.2 cm³/mol. The normalized spacial score (nSPS) is 20.7. The Balaban J connectivity index is 1.83. The van der Waals surface area contributed by atoms with Crippen LogP contribution in [0.2, 0.25) is 0 Å². The van der Waals surface area contributed by atoms with Crippen LogP contribution in [0.3, 0.4) is 0 Å². The van der Waals surface area contributed by atoms with Gasteiger partial charge in [-0.05, 0) is 13.5 Å². The first-order chi connectivity index (χ1) is 10.2. The SMILES string of the molecule is CC(C)Sc1nnc(NC(=O)CN(C)C2CCS(=O)(=O)C2)s1. The summed E-state index contributed by atoms with van der Waals surface area (Å²) < 4.78 is 23.8. The van der Waals surface area contributed by atoms with Crippen molar-refractivity contribution in [3.05, 3.63) is 0 Å². The van der Waals surface area contributed by atoms with Crippen molar-refractivity contribution in [2.24, 2.45) is 0 Å². The minimum atomic E-state index is -2.94. The van der Waals surface area contributed by atoms with Crippen LogP contribution in [-0.2, 0) is 14.6 Å². The largest absolute Gasteiger partial charge is 0.299 e. The molecule has 1 fully saturated rings. The van der Waals surface area contributed by atoms with Gasteiger partial charge in [0.15, 0.2) is 14.2 Å². The number of carbonyl (C=O) groups is 1. The summed E-state index contributed by atoms with van der Waals surface area (Å²) in [4.78, 5) is 13.8. The fraction of sp³-hybridized carbons (Fsp3) is 0.750. The number of anilines is 1. The fourth-order valence-corrected chi connectivity index (χ4v) is 5.94. The number of sulfone groups is 1. The highest BCUT2D eigenvalue weighted by atomic mass is 32.2. The lowest BCUT2D eigenvalue weighted by atomic mass is 10.2. The Morgan fingerprint density at radius 2 is 2.23 bits per heavy atom. The molecule has 0 spiro atoms. The molecule has 1 aliphatic heterocycles. The van der Waals surface area contributed by atoms with E-state index in [0.717, 1.165) is 4.34 Å². The molecule has 1 amide bonds. The number of likely N-dealkylation sites (N-methyl/N-ethyl adjacent to an activating group) is 1. The molecule has 124 valence electrons. The summed E-state index contributed by atoms with van der Waals surface area (Å²) in [5.41, 5.74) is 0. The van der Waals surface area contributed by atoms with Gasteiger partial charge in [-0.15, -0.1) is 10.2 Å². The Morgan fingerprint density at radius 3 is 2.82 bits per heavy atom. The third kappa shape index (κ3) is 5.18.